The second-order valence-corrected chi connectivity index (χ2v) is 4.26. The van der Waals surface area contributed by atoms with Crippen molar-refractivity contribution >= 4 is 0 Å². The van der Waals surface area contributed by atoms with Crippen LogP contribution in [0.1, 0.15) is 44.5 Å². The average Bonchev–Trinajstić information content (AvgIpc) is 2.76. The molecule has 0 atom stereocenters. The molecule has 0 saturated heterocycles. The van der Waals surface area contributed by atoms with E-state index in [1.165, 1.54) is 11.4 Å². The highest BCUT2D eigenvalue weighted by Gasteiger charge is 2.04. The molecular formula is C13H25N3O. The van der Waals surface area contributed by atoms with Gasteiger partial charge in [-0.05, 0) is 45.2 Å². The van der Waals surface area contributed by atoms with E-state index in [0.29, 0.717) is 6.61 Å². The van der Waals surface area contributed by atoms with Crippen molar-refractivity contribution in [1.29, 1.82) is 0 Å². The lowest BCUT2D eigenvalue weighted by Gasteiger charge is -2.06. The number of nitrogens with zero attached hydrogens (tertiary/aromatic N) is 2. The fourth-order valence-corrected chi connectivity index (χ4v) is 1.86. The SMILES string of the molecule is CCc1cc(CNCCCCCO)n(CC)n1. The fraction of sp³-hybridized carbons (Fsp3) is 0.769. The van der Waals surface area contributed by atoms with E-state index >= 15 is 0 Å². The van der Waals surface area contributed by atoms with Gasteiger partial charge in [0.05, 0.1) is 11.4 Å². The Labute approximate surface area is 104 Å². The Balaban J connectivity index is 2.28. The Morgan fingerprint density at radius 2 is 2.12 bits per heavy atom. The molecule has 0 fully saturated rings. The van der Waals surface area contributed by atoms with Gasteiger partial charge >= 0.3 is 0 Å². The van der Waals surface area contributed by atoms with Crippen LogP contribution < -0.4 is 5.32 Å². The van der Waals surface area contributed by atoms with E-state index in [0.717, 1.165) is 45.3 Å². The van der Waals surface area contributed by atoms with Gasteiger partial charge in [0, 0.05) is 19.7 Å². The van der Waals surface area contributed by atoms with E-state index in [1.54, 1.807) is 0 Å². The molecule has 0 aromatic carbocycles. The van der Waals surface area contributed by atoms with Gasteiger partial charge in [-0.15, -0.1) is 0 Å². The van der Waals surface area contributed by atoms with Crippen molar-refractivity contribution < 1.29 is 5.11 Å². The van der Waals surface area contributed by atoms with Crippen molar-refractivity contribution in [2.75, 3.05) is 13.2 Å². The molecule has 4 heteroatoms. The first-order valence-corrected chi connectivity index (χ1v) is 6.69. The normalized spacial score (nSPS) is 11.0. The second-order valence-electron chi connectivity index (χ2n) is 4.26. The monoisotopic (exact) mass is 239 g/mol. The highest BCUT2D eigenvalue weighted by molar-refractivity contribution is 5.10. The number of aromatic nitrogens is 2. The van der Waals surface area contributed by atoms with Crippen LogP contribution in [0.5, 0.6) is 0 Å². The van der Waals surface area contributed by atoms with Crippen LogP contribution in [0.2, 0.25) is 0 Å². The maximum Gasteiger partial charge on any atom is 0.0625 e. The van der Waals surface area contributed by atoms with Crippen LogP contribution in [0.4, 0.5) is 0 Å². The van der Waals surface area contributed by atoms with Crippen LogP contribution >= 0.6 is 0 Å². The molecule has 0 radical (unpaired) electrons. The summed E-state index contributed by atoms with van der Waals surface area (Å²) in [5, 5.41) is 16.6. The van der Waals surface area contributed by atoms with Crippen molar-refractivity contribution in [3.05, 3.63) is 17.5 Å². The van der Waals surface area contributed by atoms with Gasteiger partial charge < -0.3 is 10.4 Å². The van der Waals surface area contributed by atoms with Gasteiger partial charge in [0.1, 0.15) is 0 Å². The molecular weight excluding hydrogens is 214 g/mol. The summed E-state index contributed by atoms with van der Waals surface area (Å²) in [5.41, 5.74) is 2.44. The molecule has 1 heterocycles. The molecule has 2 N–H and O–H groups in total. The number of hydrogen-bond donors (Lipinski definition) is 2. The minimum Gasteiger partial charge on any atom is -0.396 e. The van der Waals surface area contributed by atoms with Crippen LogP contribution in [0.25, 0.3) is 0 Å². The first kappa shape index (κ1) is 14.2. The van der Waals surface area contributed by atoms with Gasteiger partial charge in [-0.1, -0.05) is 6.92 Å². The van der Waals surface area contributed by atoms with Crippen molar-refractivity contribution in [1.82, 2.24) is 15.1 Å². The summed E-state index contributed by atoms with van der Waals surface area (Å²) in [4.78, 5) is 0. The summed E-state index contributed by atoms with van der Waals surface area (Å²) in [6.07, 6.45) is 4.13. The fourth-order valence-electron chi connectivity index (χ4n) is 1.86. The average molecular weight is 239 g/mol. The molecule has 0 saturated carbocycles. The Bertz CT molecular complexity index is 310. The highest BCUT2D eigenvalue weighted by atomic mass is 16.2. The number of hydrogen-bond acceptors (Lipinski definition) is 3. The standard InChI is InChI=1S/C13H25N3O/c1-3-12-10-13(16(4-2)15-12)11-14-8-6-5-7-9-17/h10,14,17H,3-9,11H2,1-2H3. The van der Waals surface area contributed by atoms with Crippen LogP contribution in [0.3, 0.4) is 0 Å². The van der Waals surface area contributed by atoms with Gasteiger partial charge in [0.25, 0.3) is 0 Å². The van der Waals surface area contributed by atoms with E-state index in [1.807, 2.05) is 0 Å². The summed E-state index contributed by atoms with van der Waals surface area (Å²) < 4.78 is 2.07. The Hall–Kier alpha value is -0.870. The highest BCUT2D eigenvalue weighted by Crippen LogP contribution is 2.05. The van der Waals surface area contributed by atoms with Crippen molar-refractivity contribution in [3.8, 4) is 0 Å². The molecule has 4 nitrogen and oxygen atoms in total. The molecule has 1 aromatic heterocycles. The summed E-state index contributed by atoms with van der Waals surface area (Å²) in [5.74, 6) is 0. The van der Waals surface area contributed by atoms with Gasteiger partial charge in [-0.25, -0.2) is 0 Å². The van der Waals surface area contributed by atoms with E-state index in [4.69, 9.17) is 5.11 Å². The molecule has 98 valence electrons. The molecule has 0 unspecified atom stereocenters. The molecule has 0 spiro atoms. The van der Waals surface area contributed by atoms with E-state index in [-0.39, 0.29) is 0 Å². The van der Waals surface area contributed by atoms with Gasteiger partial charge in [-0.2, -0.15) is 5.10 Å². The molecule has 0 amide bonds. The van der Waals surface area contributed by atoms with Gasteiger partial charge in [0.15, 0.2) is 0 Å². The molecule has 0 bridgehead atoms. The van der Waals surface area contributed by atoms with Gasteiger partial charge in [-0.3, -0.25) is 4.68 Å². The molecule has 0 aliphatic rings. The minimum absolute atomic E-state index is 0.308. The minimum atomic E-state index is 0.308. The maximum absolute atomic E-state index is 8.67. The summed E-state index contributed by atoms with van der Waals surface area (Å²) in [6.45, 7) is 7.39. The van der Waals surface area contributed by atoms with Crippen molar-refractivity contribution in [2.24, 2.45) is 0 Å². The van der Waals surface area contributed by atoms with E-state index < -0.39 is 0 Å². The zero-order valence-corrected chi connectivity index (χ0v) is 11.1. The van der Waals surface area contributed by atoms with Crippen molar-refractivity contribution in [3.63, 3.8) is 0 Å². The predicted molar refractivity (Wildman–Crippen MR) is 69.9 cm³/mol. The maximum atomic E-state index is 8.67. The second kappa shape index (κ2) is 8.25. The van der Waals surface area contributed by atoms with E-state index in [2.05, 4.69) is 35.0 Å². The number of unbranched alkanes of at least 4 members (excludes halogenated alkanes) is 2. The predicted octanol–water partition coefficient (Wildman–Crippen LogP) is 1.72. The molecule has 0 aliphatic carbocycles. The number of aliphatic hydroxyl groups excluding tert-OH is 1. The lowest BCUT2D eigenvalue weighted by molar-refractivity contribution is 0.283. The topological polar surface area (TPSA) is 50.1 Å². The third kappa shape index (κ3) is 4.88. The summed E-state index contributed by atoms with van der Waals surface area (Å²) in [7, 11) is 0. The number of aliphatic hydroxyl groups is 1. The van der Waals surface area contributed by atoms with E-state index in [9.17, 15) is 0 Å². The summed E-state index contributed by atoms with van der Waals surface area (Å²) in [6, 6.07) is 2.18. The number of nitrogens with one attached hydrogen (secondary N) is 1. The first-order chi connectivity index (χ1) is 8.31. The third-order valence-corrected chi connectivity index (χ3v) is 2.89. The number of rotatable bonds is 9. The first-order valence-electron chi connectivity index (χ1n) is 6.69. The largest absolute Gasteiger partial charge is 0.396 e. The smallest absolute Gasteiger partial charge is 0.0625 e. The van der Waals surface area contributed by atoms with Crippen LogP contribution in [0, 0.1) is 0 Å². The van der Waals surface area contributed by atoms with Gasteiger partial charge in [0.2, 0.25) is 0 Å². The van der Waals surface area contributed by atoms with Crippen LogP contribution in [-0.4, -0.2) is 28.0 Å². The van der Waals surface area contributed by atoms with Crippen molar-refractivity contribution in [2.45, 2.75) is 52.6 Å². The third-order valence-electron chi connectivity index (χ3n) is 2.89. The number of aryl methyl sites for hydroxylation is 2. The molecule has 1 aromatic rings. The molecule has 0 aliphatic heterocycles. The zero-order chi connectivity index (χ0) is 12.5. The summed E-state index contributed by atoms with van der Waals surface area (Å²) >= 11 is 0. The Morgan fingerprint density at radius 3 is 2.76 bits per heavy atom. The lowest BCUT2D eigenvalue weighted by Crippen LogP contribution is -2.17. The zero-order valence-electron chi connectivity index (χ0n) is 11.1. The van der Waals surface area contributed by atoms with Crippen LogP contribution in [-0.2, 0) is 19.5 Å². The molecule has 17 heavy (non-hydrogen) atoms. The molecule has 1 rings (SSSR count). The lowest BCUT2D eigenvalue weighted by atomic mass is 10.2. The Morgan fingerprint density at radius 1 is 1.29 bits per heavy atom. The Kier molecular flexibility index (Phi) is 6.89. The van der Waals surface area contributed by atoms with Crippen LogP contribution in [0.15, 0.2) is 6.07 Å². The quantitative estimate of drug-likeness (QED) is 0.645.